The van der Waals surface area contributed by atoms with E-state index in [2.05, 4.69) is 25.4 Å². The smallest absolute Gasteiger partial charge is 0.328 e. The third kappa shape index (κ3) is 8.92. The van der Waals surface area contributed by atoms with E-state index in [1.54, 1.807) is 13.8 Å². The van der Waals surface area contributed by atoms with E-state index in [4.69, 9.17) is 0 Å². The van der Waals surface area contributed by atoms with E-state index in [9.17, 15) is 19.2 Å². The number of unbranched alkanes of at least 4 members (excludes halogenated alkanes) is 1. The fourth-order valence-corrected chi connectivity index (χ4v) is 2.02. The molecule has 0 fully saturated rings. The molecule has 0 saturated carbocycles. The number of hydrogen-bond donors (Lipinski definition) is 3. The van der Waals surface area contributed by atoms with Crippen LogP contribution in [0.4, 0.5) is 4.79 Å². The van der Waals surface area contributed by atoms with E-state index in [0.29, 0.717) is 6.42 Å². The van der Waals surface area contributed by atoms with Gasteiger partial charge in [0.25, 0.3) is 0 Å². The van der Waals surface area contributed by atoms with Gasteiger partial charge in [-0.15, -0.1) is 0 Å². The first-order valence-corrected chi connectivity index (χ1v) is 8.26. The van der Waals surface area contributed by atoms with Gasteiger partial charge in [0.15, 0.2) is 0 Å². The maximum absolute atomic E-state index is 12.1. The van der Waals surface area contributed by atoms with E-state index in [1.165, 1.54) is 14.2 Å². The molecule has 0 bridgehead atoms. The number of carbonyl (C=O) groups is 4. The van der Waals surface area contributed by atoms with Crippen LogP contribution in [-0.2, 0) is 23.9 Å². The van der Waals surface area contributed by atoms with E-state index in [0.717, 1.165) is 12.8 Å². The molecule has 0 heterocycles. The molecule has 0 unspecified atom stereocenters. The Morgan fingerprint density at radius 2 is 1.64 bits per heavy atom. The first-order valence-electron chi connectivity index (χ1n) is 8.26. The molecular formula is C16H29N3O6. The first-order chi connectivity index (χ1) is 11.8. The number of nitrogens with one attached hydrogen (secondary N) is 3. The van der Waals surface area contributed by atoms with Crippen LogP contribution >= 0.6 is 0 Å². The van der Waals surface area contributed by atoms with Gasteiger partial charge in [0.2, 0.25) is 5.91 Å². The molecule has 9 nitrogen and oxygen atoms in total. The molecule has 25 heavy (non-hydrogen) atoms. The van der Waals surface area contributed by atoms with Crippen molar-refractivity contribution in [2.45, 2.75) is 52.1 Å². The summed E-state index contributed by atoms with van der Waals surface area (Å²) in [4.78, 5) is 47.1. The number of methoxy groups -OCH3 is 2. The van der Waals surface area contributed by atoms with Crippen LogP contribution in [0.1, 0.15) is 40.0 Å². The number of amides is 3. The van der Waals surface area contributed by atoms with E-state index < -0.39 is 36.0 Å². The summed E-state index contributed by atoms with van der Waals surface area (Å²) in [6, 6.07) is -2.30. The molecule has 0 rings (SSSR count). The van der Waals surface area contributed by atoms with Gasteiger partial charge in [-0.2, -0.15) is 0 Å². The highest BCUT2D eigenvalue weighted by Crippen LogP contribution is 2.05. The van der Waals surface area contributed by atoms with Crippen LogP contribution in [-0.4, -0.2) is 56.7 Å². The molecule has 0 radical (unpaired) electrons. The van der Waals surface area contributed by atoms with Crippen LogP contribution in [0, 0.1) is 5.92 Å². The molecule has 0 aliphatic rings. The van der Waals surface area contributed by atoms with Crippen molar-refractivity contribution >= 4 is 23.9 Å². The summed E-state index contributed by atoms with van der Waals surface area (Å²) in [7, 11) is 2.46. The Hall–Kier alpha value is -2.32. The highest BCUT2D eigenvalue weighted by molar-refractivity contribution is 5.90. The van der Waals surface area contributed by atoms with Gasteiger partial charge in [0.05, 0.1) is 14.2 Å². The Bertz CT molecular complexity index is 467. The molecular weight excluding hydrogens is 330 g/mol. The SMILES string of the molecule is CCCC[C@@H](NC(=O)N[C@H](C(=O)NCC(=O)OC)C(C)C)C(=O)OC. The van der Waals surface area contributed by atoms with Crippen molar-refractivity contribution in [2.24, 2.45) is 5.92 Å². The molecule has 3 amide bonds. The van der Waals surface area contributed by atoms with Crippen LogP contribution < -0.4 is 16.0 Å². The normalized spacial score (nSPS) is 12.7. The van der Waals surface area contributed by atoms with Crippen molar-refractivity contribution in [3.63, 3.8) is 0 Å². The topological polar surface area (TPSA) is 123 Å². The van der Waals surface area contributed by atoms with Crippen molar-refractivity contribution < 1.29 is 28.7 Å². The molecule has 0 spiro atoms. The molecule has 2 atom stereocenters. The highest BCUT2D eigenvalue weighted by Gasteiger charge is 2.27. The number of carbonyl (C=O) groups excluding carboxylic acids is 4. The fourth-order valence-electron chi connectivity index (χ4n) is 2.02. The van der Waals surface area contributed by atoms with Gasteiger partial charge in [-0.1, -0.05) is 33.6 Å². The van der Waals surface area contributed by atoms with Gasteiger partial charge in [-0.3, -0.25) is 9.59 Å². The molecule has 0 aromatic heterocycles. The Balaban J connectivity index is 4.77. The van der Waals surface area contributed by atoms with Crippen LogP contribution in [0.15, 0.2) is 0 Å². The summed E-state index contributed by atoms with van der Waals surface area (Å²) < 4.78 is 9.12. The molecule has 0 aliphatic heterocycles. The lowest BCUT2D eigenvalue weighted by Crippen LogP contribution is -2.55. The maximum atomic E-state index is 12.1. The minimum Gasteiger partial charge on any atom is -0.468 e. The van der Waals surface area contributed by atoms with Crippen molar-refractivity contribution in [3.05, 3.63) is 0 Å². The fraction of sp³-hybridized carbons (Fsp3) is 0.750. The Morgan fingerprint density at radius 1 is 1.00 bits per heavy atom. The second kappa shape index (κ2) is 12.1. The predicted molar refractivity (Wildman–Crippen MR) is 90.6 cm³/mol. The van der Waals surface area contributed by atoms with Crippen LogP contribution in [0.2, 0.25) is 0 Å². The Morgan fingerprint density at radius 3 is 2.12 bits per heavy atom. The van der Waals surface area contributed by atoms with Crippen molar-refractivity contribution in [2.75, 3.05) is 20.8 Å². The number of urea groups is 1. The maximum Gasteiger partial charge on any atom is 0.328 e. The van der Waals surface area contributed by atoms with Gasteiger partial charge in [0, 0.05) is 0 Å². The summed E-state index contributed by atoms with van der Waals surface area (Å²) in [5.41, 5.74) is 0. The van der Waals surface area contributed by atoms with Crippen molar-refractivity contribution in [3.8, 4) is 0 Å². The second-order valence-electron chi connectivity index (χ2n) is 5.85. The molecule has 9 heteroatoms. The van der Waals surface area contributed by atoms with Gasteiger partial charge < -0.3 is 25.4 Å². The third-order valence-corrected chi connectivity index (χ3v) is 3.51. The number of ether oxygens (including phenoxy) is 2. The standard InChI is InChI=1S/C16H29N3O6/c1-6-7-8-11(15(22)25-5)18-16(23)19-13(10(2)3)14(21)17-9-12(20)24-4/h10-11,13H,6-9H2,1-5H3,(H,17,21)(H2,18,19,23)/t11-,13+/m1/s1. The largest absolute Gasteiger partial charge is 0.468 e. The Labute approximate surface area is 148 Å². The molecule has 144 valence electrons. The summed E-state index contributed by atoms with van der Waals surface area (Å²) in [5, 5.41) is 7.44. The number of rotatable bonds is 10. The second-order valence-corrected chi connectivity index (χ2v) is 5.85. The van der Waals surface area contributed by atoms with Crippen LogP contribution in [0.3, 0.4) is 0 Å². The van der Waals surface area contributed by atoms with Gasteiger partial charge >= 0.3 is 18.0 Å². The highest BCUT2D eigenvalue weighted by atomic mass is 16.5. The van der Waals surface area contributed by atoms with Crippen molar-refractivity contribution in [1.29, 1.82) is 0 Å². The van der Waals surface area contributed by atoms with Gasteiger partial charge in [0.1, 0.15) is 18.6 Å². The van der Waals surface area contributed by atoms with Gasteiger partial charge in [-0.05, 0) is 12.3 Å². The quantitative estimate of drug-likeness (QED) is 0.483. The third-order valence-electron chi connectivity index (χ3n) is 3.51. The molecule has 0 aromatic carbocycles. The molecule has 3 N–H and O–H groups in total. The average Bonchev–Trinajstić information content (AvgIpc) is 2.59. The summed E-state index contributed by atoms with van der Waals surface area (Å²) in [5.74, 6) is -1.88. The zero-order valence-corrected chi connectivity index (χ0v) is 15.5. The van der Waals surface area contributed by atoms with Crippen LogP contribution in [0.5, 0.6) is 0 Å². The van der Waals surface area contributed by atoms with Gasteiger partial charge in [-0.25, -0.2) is 9.59 Å². The lowest BCUT2D eigenvalue weighted by molar-refractivity contribution is -0.143. The minimum absolute atomic E-state index is 0.226. The van der Waals surface area contributed by atoms with E-state index >= 15 is 0 Å². The molecule has 0 saturated heterocycles. The van der Waals surface area contributed by atoms with Crippen molar-refractivity contribution in [1.82, 2.24) is 16.0 Å². The monoisotopic (exact) mass is 359 g/mol. The van der Waals surface area contributed by atoms with Crippen LogP contribution in [0.25, 0.3) is 0 Å². The lowest BCUT2D eigenvalue weighted by atomic mass is 10.0. The molecule has 0 aromatic rings. The summed E-state index contributed by atoms with van der Waals surface area (Å²) >= 11 is 0. The zero-order chi connectivity index (χ0) is 19.4. The van der Waals surface area contributed by atoms with E-state index in [1.807, 2.05) is 6.92 Å². The zero-order valence-electron chi connectivity index (χ0n) is 15.5. The lowest BCUT2D eigenvalue weighted by Gasteiger charge is -2.23. The number of esters is 2. The first kappa shape index (κ1) is 22.7. The predicted octanol–water partition coefficient (Wildman–Crippen LogP) is 0.331. The molecule has 0 aliphatic carbocycles. The Kier molecular flexibility index (Phi) is 11.0. The minimum atomic E-state index is -0.867. The van der Waals surface area contributed by atoms with E-state index in [-0.39, 0.29) is 12.5 Å². The number of hydrogen-bond acceptors (Lipinski definition) is 6. The summed E-state index contributed by atoms with van der Waals surface area (Å²) in [6.07, 6.45) is 2.05. The summed E-state index contributed by atoms with van der Waals surface area (Å²) in [6.45, 7) is 5.17. The average molecular weight is 359 g/mol.